The Morgan fingerprint density at radius 3 is 2.87 bits per heavy atom. The molecule has 4 heteroatoms. The van der Waals surface area contributed by atoms with Crippen LogP contribution in [0.15, 0.2) is 36.0 Å². The summed E-state index contributed by atoms with van der Waals surface area (Å²) in [6, 6.07) is 7.63. The Kier molecular flexibility index (Phi) is 3.36. The molecular formula is C11H11ClN2S. The topological polar surface area (TPSA) is 38.9 Å². The fourth-order valence-electron chi connectivity index (χ4n) is 1.45. The molecule has 15 heavy (non-hydrogen) atoms. The second-order valence-corrected chi connectivity index (χ2v) is 4.68. The first-order valence-electron chi connectivity index (χ1n) is 4.65. The summed E-state index contributed by atoms with van der Waals surface area (Å²) in [7, 11) is 0. The number of aromatic nitrogens is 1. The molecule has 1 aromatic heterocycles. The normalized spacial score (nSPS) is 12.7. The van der Waals surface area contributed by atoms with Crippen LogP contribution in [0.1, 0.15) is 16.5 Å². The van der Waals surface area contributed by atoms with Gasteiger partial charge in [0.25, 0.3) is 0 Å². The zero-order valence-electron chi connectivity index (χ0n) is 8.06. The standard InChI is InChI=1S/C11H11ClN2S/c12-10-4-2-1-3-9(10)11(13)5-8-6-14-7-15-8/h1-4,6-7,11H,5,13H2. The van der Waals surface area contributed by atoms with Crippen molar-refractivity contribution in [2.24, 2.45) is 5.73 Å². The van der Waals surface area contributed by atoms with Gasteiger partial charge in [-0.1, -0.05) is 29.8 Å². The van der Waals surface area contributed by atoms with E-state index >= 15 is 0 Å². The van der Waals surface area contributed by atoms with Gasteiger partial charge in [0.1, 0.15) is 0 Å². The maximum Gasteiger partial charge on any atom is 0.0794 e. The summed E-state index contributed by atoms with van der Waals surface area (Å²) < 4.78 is 0. The maximum atomic E-state index is 6.08. The van der Waals surface area contributed by atoms with Gasteiger partial charge >= 0.3 is 0 Å². The average Bonchev–Trinajstić information content (AvgIpc) is 2.71. The molecule has 0 aliphatic heterocycles. The van der Waals surface area contributed by atoms with Crippen LogP contribution >= 0.6 is 22.9 Å². The number of nitrogens with zero attached hydrogens (tertiary/aromatic N) is 1. The van der Waals surface area contributed by atoms with Crippen molar-refractivity contribution >= 4 is 22.9 Å². The highest BCUT2D eigenvalue weighted by Crippen LogP contribution is 2.24. The molecule has 0 saturated carbocycles. The minimum Gasteiger partial charge on any atom is -0.324 e. The molecular weight excluding hydrogens is 228 g/mol. The highest BCUT2D eigenvalue weighted by Gasteiger charge is 2.10. The highest BCUT2D eigenvalue weighted by atomic mass is 35.5. The monoisotopic (exact) mass is 238 g/mol. The van der Waals surface area contributed by atoms with Crippen molar-refractivity contribution in [2.75, 3.05) is 0 Å². The van der Waals surface area contributed by atoms with Gasteiger partial charge in [0.05, 0.1) is 5.51 Å². The van der Waals surface area contributed by atoms with E-state index < -0.39 is 0 Å². The van der Waals surface area contributed by atoms with Crippen LogP contribution in [-0.2, 0) is 6.42 Å². The van der Waals surface area contributed by atoms with Crippen molar-refractivity contribution in [1.29, 1.82) is 0 Å². The molecule has 0 aliphatic carbocycles. The van der Waals surface area contributed by atoms with Gasteiger partial charge in [-0.2, -0.15) is 0 Å². The molecule has 0 amide bonds. The number of nitrogens with two attached hydrogens (primary N) is 1. The van der Waals surface area contributed by atoms with Crippen LogP contribution in [0.2, 0.25) is 5.02 Å². The molecule has 1 heterocycles. The second kappa shape index (κ2) is 4.75. The molecule has 2 rings (SSSR count). The predicted molar refractivity (Wildman–Crippen MR) is 64.2 cm³/mol. The van der Waals surface area contributed by atoms with Crippen LogP contribution < -0.4 is 5.73 Å². The summed E-state index contributed by atoms with van der Waals surface area (Å²) in [5.41, 5.74) is 8.89. The SMILES string of the molecule is NC(Cc1cncs1)c1ccccc1Cl. The fourth-order valence-corrected chi connectivity index (χ4v) is 2.38. The Morgan fingerprint density at radius 1 is 1.40 bits per heavy atom. The minimum atomic E-state index is -0.0563. The van der Waals surface area contributed by atoms with Gasteiger partial charge in [-0.05, 0) is 11.6 Å². The first kappa shape index (κ1) is 10.6. The summed E-state index contributed by atoms with van der Waals surface area (Å²) in [6.45, 7) is 0. The molecule has 1 atom stereocenters. The Labute approximate surface area is 97.7 Å². The van der Waals surface area contributed by atoms with E-state index in [4.69, 9.17) is 17.3 Å². The van der Waals surface area contributed by atoms with E-state index in [-0.39, 0.29) is 6.04 Å². The Hall–Kier alpha value is -0.900. The summed E-state index contributed by atoms with van der Waals surface area (Å²) in [4.78, 5) is 5.20. The van der Waals surface area contributed by atoms with Gasteiger partial charge in [0, 0.05) is 28.6 Å². The lowest BCUT2D eigenvalue weighted by atomic mass is 10.0. The van der Waals surface area contributed by atoms with Crippen molar-refractivity contribution in [3.8, 4) is 0 Å². The van der Waals surface area contributed by atoms with Crippen LogP contribution in [0.25, 0.3) is 0 Å². The average molecular weight is 239 g/mol. The van der Waals surface area contributed by atoms with Gasteiger partial charge in [0.2, 0.25) is 0 Å². The Morgan fingerprint density at radius 2 is 2.20 bits per heavy atom. The van der Waals surface area contributed by atoms with E-state index in [9.17, 15) is 0 Å². The van der Waals surface area contributed by atoms with Crippen molar-refractivity contribution in [3.63, 3.8) is 0 Å². The van der Waals surface area contributed by atoms with Gasteiger partial charge in [-0.3, -0.25) is 4.98 Å². The molecule has 0 radical (unpaired) electrons. The third-order valence-corrected chi connectivity index (χ3v) is 3.36. The van der Waals surface area contributed by atoms with Crippen LogP contribution in [-0.4, -0.2) is 4.98 Å². The summed E-state index contributed by atoms with van der Waals surface area (Å²) >= 11 is 7.68. The lowest BCUT2D eigenvalue weighted by molar-refractivity contribution is 0.729. The van der Waals surface area contributed by atoms with Gasteiger partial charge in [-0.25, -0.2) is 0 Å². The minimum absolute atomic E-state index is 0.0563. The number of hydrogen-bond acceptors (Lipinski definition) is 3. The van der Waals surface area contributed by atoms with E-state index in [0.717, 1.165) is 17.0 Å². The van der Waals surface area contributed by atoms with Crippen LogP contribution in [0, 0.1) is 0 Å². The summed E-state index contributed by atoms with van der Waals surface area (Å²) in [5, 5.41) is 0.731. The van der Waals surface area contributed by atoms with Crippen molar-refractivity contribution in [1.82, 2.24) is 4.98 Å². The summed E-state index contributed by atoms with van der Waals surface area (Å²) in [6.07, 6.45) is 2.63. The zero-order chi connectivity index (χ0) is 10.7. The molecule has 0 fully saturated rings. The van der Waals surface area contributed by atoms with Gasteiger partial charge in [-0.15, -0.1) is 11.3 Å². The smallest absolute Gasteiger partial charge is 0.0794 e. The molecule has 1 aromatic carbocycles. The van der Waals surface area contributed by atoms with Crippen molar-refractivity contribution < 1.29 is 0 Å². The summed E-state index contributed by atoms with van der Waals surface area (Å²) in [5.74, 6) is 0. The highest BCUT2D eigenvalue weighted by molar-refractivity contribution is 7.09. The van der Waals surface area contributed by atoms with Crippen molar-refractivity contribution in [2.45, 2.75) is 12.5 Å². The lowest BCUT2D eigenvalue weighted by Crippen LogP contribution is -2.13. The lowest BCUT2D eigenvalue weighted by Gasteiger charge is -2.11. The van der Waals surface area contributed by atoms with E-state index in [0.29, 0.717) is 0 Å². The Balaban J connectivity index is 2.15. The zero-order valence-corrected chi connectivity index (χ0v) is 9.63. The van der Waals surface area contributed by atoms with Crippen LogP contribution in [0.4, 0.5) is 0 Å². The largest absolute Gasteiger partial charge is 0.324 e. The molecule has 1 unspecified atom stereocenters. The molecule has 0 spiro atoms. The van der Waals surface area contributed by atoms with E-state index in [1.54, 1.807) is 11.3 Å². The molecule has 0 saturated heterocycles. The number of hydrogen-bond donors (Lipinski definition) is 1. The molecule has 2 aromatic rings. The van der Waals surface area contributed by atoms with Gasteiger partial charge < -0.3 is 5.73 Å². The molecule has 2 nitrogen and oxygen atoms in total. The second-order valence-electron chi connectivity index (χ2n) is 3.30. The van der Waals surface area contributed by atoms with Crippen LogP contribution in [0.5, 0.6) is 0 Å². The van der Waals surface area contributed by atoms with E-state index in [1.807, 2.05) is 36.0 Å². The maximum absolute atomic E-state index is 6.08. The third kappa shape index (κ3) is 2.56. The molecule has 0 bridgehead atoms. The molecule has 0 aliphatic rings. The van der Waals surface area contributed by atoms with Gasteiger partial charge in [0.15, 0.2) is 0 Å². The fraction of sp³-hybridized carbons (Fsp3) is 0.182. The van der Waals surface area contributed by atoms with E-state index in [1.165, 1.54) is 4.88 Å². The quantitative estimate of drug-likeness (QED) is 0.893. The predicted octanol–water partition coefficient (Wildman–Crippen LogP) is 3.04. The van der Waals surface area contributed by atoms with E-state index in [2.05, 4.69) is 4.98 Å². The number of rotatable bonds is 3. The number of benzene rings is 1. The molecule has 78 valence electrons. The van der Waals surface area contributed by atoms with Crippen LogP contribution in [0.3, 0.4) is 0 Å². The Bertz CT molecular complexity index is 428. The van der Waals surface area contributed by atoms with Crippen molar-refractivity contribution in [3.05, 3.63) is 51.4 Å². The number of thiazole rings is 1. The first-order valence-corrected chi connectivity index (χ1v) is 5.90. The molecule has 2 N–H and O–H groups in total. The first-order chi connectivity index (χ1) is 7.27. The third-order valence-electron chi connectivity index (χ3n) is 2.21. The number of halogens is 1.